The Balaban J connectivity index is 1.94. The van der Waals surface area contributed by atoms with E-state index in [4.69, 9.17) is 9.47 Å². The average molecular weight is 298 g/mol. The van der Waals surface area contributed by atoms with Crippen LogP contribution < -0.4 is 10.6 Å². The number of esters is 1. The number of urea groups is 1. The Labute approximate surface area is 121 Å². The maximum absolute atomic E-state index is 11.8. The topological polar surface area (TPSA) is 76.7 Å². The molecule has 0 bridgehead atoms. The third-order valence-electron chi connectivity index (χ3n) is 2.88. The summed E-state index contributed by atoms with van der Waals surface area (Å²) >= 11 is 1.22. The summed E-state index contributed by atoms with van der Waals surface area (Å²) in [5.41, 5.74) is 0.799. The van der Waals surface area contributed by atoms with E-state index in [0.29, 0.717) is 29.7 Å². The summed E-state index contributed by atoms with van der Waals surface area (Å²) in [6.07, 6.45) is 0.824. The molecule has 0 radical (unpaired) electrons. The molecule has 0 aliphatic carbocycles. The molecular weight excluding hydrogens is 280 g/mol. The molecule has 2 amide bonds. The molecule has 1 unspecified atom stereocenters. The van der Waals surface area contributed by atoms with Gasteiger partial charge in [-0.2, -0.15) is 0 Å². The number of aryl methyl sites for hydroxylation is 1. The van der Waals surface area contributed by atoms with Crippen molar-refractivity contribution >= 4 is 28.3 Å². The Morgan fingerprint density at radius 3 is 3.00 bits per heavy atom. The van der Waals surface area contributed by atoms with Crippen LogP contribution in [0.25, 0.3) is 0 Å². The van der Waals surface area contributed by atoms with Gasteiger partial charge in [0.15, 0.2) is 0 Å². The van der Waals surface area contributed by atoms with Gasteiger partial charge in [0.05, 0.1) is 24.3 Å². The highest BCUT2D eigenvalue weighted by Crippen LogP contribution is 2.27. The van der Waals surface area contributed by atoms with Crippen molar-refractivity contribution in [2.45, 2.75) is 26.3 Å². The van der Waals surface area contributed by atoms with E-state index in [1.54, 1.807) is 13.0 Å². The average Bonchev–Trinajstić information content (AvgIpc) is 2.99. The van der Waals surface area contributed by atoms with Gasteiger partial charge in [-0.15, -0.1) is 11.3 Å². The number of hydrogen-bond donors (Lipinski definition) is 2. The summed E-state index contributed by atoms with van der Waals surface area (Å²) in [6, 6.07) is 1.54. The van der Waals surface area contributed by atoms with E-state index in [1.165, 1.54) is 11.3 Å². The first kappa shape index (κ1) is 14.8. The molecule has 1 aliphatic heterocycles. The number of carbonyl (C=O) groups excluding carboxylic acids is 2. The van der Waals surface area contributed by atoms with Crippen LogP contribution in [-0.4, -0.2) is 37.9 Å². The molecule has 1 fully saturated rings. The lowest BCUT2D eigenvalue weighted by Crippen LogP contribution is -2.37. The molecule has 7 heteroatoms. The van der Waals surface area contributed by atoms with E-state index < -0.39 is 0 Å². The molecule has 0 spiro atoms. The summed E-state index contributed by atoms with van der Waals surface area (Å²) in [4.78, 5) is 24.0. The number of thiophene rings is 1. The minimum Gasteiger partial charge on any atom is -0.462 e. The van der Waals surface area contributed by atoms with Gasteiger partial charge in [0, 0.05) is 6.61 Å². The summed E-state index contributed by atoms with van der Waals surface area (Å²) in [7, 11) is 0. The number of nitrogens with one attached hydrogen (secondary N) is 2. The van der Waals surface area contributed by atoms with Gasteiger partial charge in [-0.3, -0.25) is 5.32 Å². The number of rotatable bonds is 4. The lowest BCUT2D eigenvalue weighted by molar-refractivity contribution is 0.0531. The van der Waals surface area contributed by atoms with E-state index >= 15 is 0 Å². The summed E-state index contributed by atoms with van der Waals surface area (Å²) in [5, 5.41) is 6.18. The van der Waals surface area contributed by atoms with Crippen LogP contribution in [0.15, 0.2) is 6.07 Å². The summed E-state index contributed by atoms with van der Waals surface area (Å²) in [5.74, 6) is -0.354. The van der Waals surface area contributed by atoms with Crippen LogP contribution in [0.1, 0.15) is 28.6 Å². The van der Waals surface area contributed by atoms with Crippen LogP contribution in [0.3, 0.4) is 0 Å². The number of amides is 2. The van der Waals surface area contributed by atoms with Crippen LogP contribution in [0.4, 0.5) is 9.80 Å². The first-order valence-electron chi connectivity index (χ1n) is 6.53. The molecule has 6 nitrogen and oxygen atoms in total. The van der Waals surface area contributed by atoms with E-state index in [-0.39, 0.29) is 18.0 Å². The minimum absolute atomic E-state index is 0.0561. The molecule has 110 valence electrons. The monoisotopic (exact) mass is 298 g/mol. The third kappa shape index (κ3) is 3.71. The zero-order valence-electron chi connectivity index (χ0n) is 11.5. The van der Waals surface area contributed by atoms with Gasteiger partial charge in [-0.05, 0) is 31.9 Å². The fraction of sp³-hybridized carbons (Fsp3) is 0.538. The maximum Gasteiger partial charge on any atom is 0.348 e. The number of hydrogen-bond acceptors (Lipinski definition) is 5. The Kier molecular flexibility index (Phi) is 4.97. The maximum atomic E-state index is 11.8. The largest absolute Gasteiger partial charge is 0.462 e. The van der Waals surface area contributed by atoms with Gasteiger partial charge in [0.1, 0.15) is 4.88 Å². The van der Waals surface area contributed by atoms with Crippen LogP contribution in [0, 0.1) is 6.92 Å². The molecule has 0 saturated carbocycles. The first-order valence-corrected chi connectivity index (χ1v) is 7.34. The van der Waals surface area contributed by atoms with Gasteiger partial charge >= 0.3 is 12.0 Å². The molecule has 1 saturated heterocycles. The molecular formula is C13H18N2O4S. The highest BCUT2D eigenvalue weighted by atomic mass is 32.1. The van der Waals surface area contributed by atoms with Crippen molar-refractivity contribution in [2.24, 2.45) is 0 Å². The first-order chi connectivity index (χ1) is 9.60. The predicted octanol–water partition coefficient (Wildman–Crippen LogP) is 2.14. The molecule has 1 aliphatic rings. The predicted molar refractivity (Wildman–Crippen MR) is 76.4 cm³/mol. The Hall–Kier alpha value is -1.60. The van der Waals surface area contributed by atoms with Crippen molar-refractivity contribution in [1.29, 1.82) is 0 Å². The molecule has 1 atom stereocenters. The zero-order chi connectivity index (χ0) is 14.5. The lowest BCUT2D eigenvalue weighted by atomic mass is 10.3. The van der Waals surface area contributed by atoms with Crippen molar-refractivity contribution in [3.8, 4) is 0 Å². The second-order valence-corrected chi connectivity index (χ2v) is 5.55. The zero-order valence-corrected chi connectivity index (χ0v) is 12.3. The molecule has 2 heterocycles. The minimum atomic E-state index is -0.354. The Bertz CT molecular complexity index is 495. The molecule has 20 heavy (non-hydrogen) atoms. The normalized spacial score (nSPS) is 17.8. The second kappa shape index (κ2) is 6.71. The van der Waals surface area contributed by atoms with Gasteiger partial charge in [0.25, 0.3) is 0 Å². The van der Waals surface area contributed by atoms with E-state index in [0.717, 1.165) is 12.0 Å². The van der Waals surface area contributed by atoms with Gasteiger partial charge < -0.3 is 14.8 Å². The second-order valence-electron chi connectivity index (χ2n) is 4.50. The molecule has 2 rings (SSSR count). The van der Waals surface area contributed by atoms with Crippen molar-refractivity contribution in [1.82, 2.24) is 5.32 Å². The van der Waals surface area contributed by atoms with Gasteiger partial charge in [-0.25, -0.2) is 9.59 Å². The van der Waals surface area contributed by atoms with Crippen molar-refractivity contribution < 1.29 is 19.1 Å². The SMILES string of the molecule is CCOC(=O)c1sc(NC(=O)NC2CCOC2)cc1C. The van der Waals surface area contributed by atoms with Crippen LogP contribution in [0.2, 0.25) is 0 Å². The Morgan fingerprint density at radius 1 is 1.55 bits per heavy atom. The van der Waals surface area contributed by atoms with Crippen LogP contribution >= 0.6 is 11.3 Å². The van der Waals surface area contributed by atoms with Crippen molar-refractivity contribution in [3.63, 3.8) is 0 Å². The van der Waals surface area contributed by atoms with Gasteiger partial charge in [0.2, 0.25) is 0 Å². The van der Waals surface area contributed by atoms with Crippen LogP contribution in [0.5, 0.6) is 0 Å². The van der Waals surface area contributed by atoms with Crippen molar-refractivity contribution in [3.05, 3.63) is 16.5 Å². The fourth-order valence-electron chi connectivity index (χ4n) is 1.92. The Morgan fingerprint density at radius 2 is 2.35 bits per heavy atom. The summed E-state index contributed by atoms with van der Waals surface area (Å²) in [6.45, 7) is 5.13. The molecule has 0 aromatic carbocycles. The standard InChI is InChI=1S/C13H18N2O4S/c1-3-19-12(16)11-8(2)6-10(20-11)15-13(17)14-9-4-5-18-7-9/h6,9H,3-5,7H2,1-2H3,(H2,14,15,17). The molecule has 1 aromatic heterocycles. The quantitative estimate of drug-likeness (QED) is 0.835. The third-order valence-corrected chi connectivity index (χ3v) is 4.01. The highest BCUT2D eigenvalue weighted by Gasteiger charge is 2.19. The van der Waals surface area contributed by atoms with E-state index in [9.17, 15) is 9.59 Å². The molecule has 2 N–H and O–H groups in total. The fourth-order valence-corrected chi connectivity index (χ4v) is 2.89. The van der Waals surface area contributed by atoms with E-state index in [2.05, 4.69) is 10.6 Å². The lowest BCUT2D eigenvalue weighted by Gasteiger charge is -2.10. The van der Waals surface area contributed by atoms with Crippen LogP contribution in [-0.2, 0) is 9.47 Å². The number of anilines is 1. The molecule has 1 aromatic rings. The van der Waals surface area contributed by atoms with Crippen molar-refractivity contribution in [2.75, 3.05) is 25.1 Å². The van der Waals surface area contributed by atoms with E-state index in [1.807, 2.05) is 6.92 Å². The number of carbonyl (C=O) groups is 2. The highest BCUT2D eigenvalue weighted by molar-refractivity contribution is 7.18. The van der Waals surface area contributed by atoms with Gasteiger partial charge in [-0.1, -0.05) is 0 Å². The summed E-state index contributed by atoms with van der Waals surface area (Å²) < 4.78 is 10.1. The smallest absolute Gasteiger partial charge is 0.348 e. The number of ether oxygens (including phenoxy) is 2.